The second-order valence-electron chi connectivity index (χ2n) is 4.22. The van der Waals surface area contributed by atoms with Crippen molar-refractivity contribution < 1.29 is 29.7 Å². The van der Waals surface area contributed by atoms with Gasteiger partial charge in [-0.1, -0.05) is 0 Å². The van der Waals surface area contributed by atoms with E-state index in [2.05, 4.69) is 5.32 Å². The van der Waals surface area contributed by atoms with Crippen LogP contribution in [0.4, 0.5) is 4.79 Å². The summed E-state index contributed by atoms with van der Waals surface area (Å²) in [5, 5.41) is 28.4. The van der Waals surface area contributed by atoms with Gasteiger partial charge in [-0.05, 0) is 6.42 Å². The largest absolute Gasteiger partial charge is 0.481 e. The highest BCUT2D eigenvalue weighted by molar-refractivity contribution is 5.86. The molecule has 1 rings (SSSR count). The van der Waals surface area contributed by atoms with Crippen molar-refractivity contribution in [2.45, 2.75) is 18.9 Å². The van der Waals surface area contributed by atoms with Crippen LogP contribution in [0.25, 0.3) is 0 Å². The SMILES string of the molecule is O=C(O)C[C@@H](NC(=O)N1CCC(CO)C1)C(=O)O. The number of aliphatic hydroxyl groups excluding tert-OH is 1. The zero-order chi connectivity index (χ0) is 13.7. The summed E-state index contributed by atoms with van der Waals surface area (Å²) in [6.45, 7) is 0.749. The van der Waals surface area contributed by atoms with Gasteiger partial charge in [0.15, 0.2) is 0 Å². The highest BCUT2D eigenvalue weighted by Gasteiger charge is 2.29. The predicted octanol–water partition coefficient (Wildman–Crippen LogP) is -1.06. The third-order valence-corrected chi connectivity index (χ3v) is 2.81. The molecular weight excluding hydrogens is 244 g/mol. The van der Waals surface area contributed by atoms with E-state index < -0.39 is 30.4 Å². The molecule has 0 saturated carbocycles. The summed E-state index contributed by atoms with van der Waals surface area (Å²) in [5.41, 5.74) is 0. The Hall–Kier alpha value is -1.83. The lowest BCUT2D eigenvalue weighted by Crippen LogP contribution is -2.48. The number of nitrogens with one attached hydrogen (secondary N) is 1. The molecule has 0 aliphatic carbocycles. The number of aliphatic carboxylic acids is 2. The highest BCUT2D eigenvalue weighted by Crippen LogP contribution is 2.15. The van der Waals surface area contributed by atoms with E-state index >= 15 is 0 Å². The summed E-state index contributed by atoms with van der Waals surface area (Å²) in [6, 6.07) is -2.05. The monoisotopic (exact) mass is 260 g/mol. The number of likely N-dealkylation sites (tertiary alicyclic amines) is 1. The van der Waals surface area contributed by atoms with E-state index in [0.717, 1.165) is 0 Å². The van der Waals surface area contributed by atoms with Crippen molar-refractivity contribution in [2.75, 3.05) is 19.7 Å². The number of carboxylic acids is 2. The molecule has 0 aromatic carbocycles. The van der Waals surface area contributed by atoms with E-state index in [1.165, 1.54) is 4.90 Å². The molecule has 8 nitrogen and oxygen atoms in total. The molecule has 0 aromatic heterocycles. The van der Waals surface area contributed by atoms with Gasteiger partial charge in [-0.3, -0.25) is 4.79 Å². The molecule has 0 radical (unpaired) electrons. The molecule has 1 unspecified atom stereocenters. The first-order valence-electron chi connectivity index (χ1n) is 5.55. The predicted molar refractivity (Wildman–Crippen MR) is 59.0 cm³/mol. The Bertz CT molecular complexity index is 345. The fourth-order valence-corrected chi connectivity index (χ4v) is 1.78. The van der Waals surface area contributed by atoms with Crippen molar-refractivity contribution in [1.82, 2.24) is 10.2 Å². The molecule has 2 atom stereocenters. The fraction of sp³-hybridized carbons (Fsp3) is 0.700. The van der Waals surface area contributed by atoms with Crippen molar-refractivity contribution >= 4 is 18.0 Å². The zero-order valence-electron chi connectivity index (χ0n) is 9.70. The number of carbonyl (C=O) groups excluding carboxylic acids is 1. The second-order valence-corrected chi connectivity index (χ2v) is 4.22. The van der Waals surface area contributed by atoms with Gasteiger partial charge in [0.2, 0.25) is 0 Å². The topological polar surface area (TPSA) is 127 Å². The molecule has 2 amide bonds. The van der Waals surface area contributed by atoms with E-state index in [4.69, 9.17) is 15.3 Å². The minimum absolute atomic E-state index is 0.00139. The van der Waals surface area contributed by atoms with Gasteiger partial charge in [0, 0.05) is 25.6 Å². The number of aliphatic hydroxyl groups is 1. The van der Waals surface area contributed by atoms with Gasteiger partial charge < -0.3 is 25.5 Å². The lowest BCUT2D eigenvalue weighted by molar-refractivity contribution is -0.145. The van der Waals surface area contributed by atoms with Gasteiger partial charge in [-0.2, -0.15) is 0 Å². The number of hydrogen-bond donors (Lipinski definition) is 4. The molecule has 0 aromatic rings. The molecule has 18 heavy (non-hydrogen) atoms. The molecule has 8 heteroatoms. The molecule has 0 spiro atoms. The van der Waals surface area contributed by atoms with Crippen LogP contribution in [0, 0.1) is 5.92 Å². The molecule has 1 fully saturated rings. The maximum absolute atomic E-state index is 11.7. The fourth-order valence-electron chi connectivity index (χ4n) is 1.78. The van der Waals surface area contributed by atoms with Crippen LogP contribution in [0.1, 0.15) is 12.8 Å². The number of hydrogen-bond acceptors (Lipinski definition) is 4. The molecular formula is C10H16N2O6. The maximum atomic E-state index is 11.7. The number of nitrogens with zero attached hydrogens (tertiary/aromatic N) is 1. The van der Waals surface area contributed by atoms with E-state index in [-0.39, 0.29) is 12.5 Å². The molecule has 1 heterocycles. The van der Waals surface area contributed by atoms with Crippen LogP contribution < -0.4 is 5.32 Å². The minimum atomic E-state index is -1.44. The van der Waals surface area contributed by atoms with Crippen LogP contribution >= 0.6 is 0 Å². The summed E-state index contributed by atoms with van der Waals surface area (Å²) in [6.07, 6.45) is -0.0149. The Morgan fingerprint density at radius 3 is 2.44 bits per heavy atom. The van der Waals surface area contributed by atoms with Crippen LogP contribution in [0.15, 0.2) is 0 Å². The molecule has 1 aliphatic heterocycles. The van der Waals surface area contributed by atoms with E-state index in [1.54, 1.807) is 0 Å². The molecule has 102 valence electrons. The van der Waals surface area contributed by atoms with Crippen LogP contribution in [-0.2, 0) is 9.59 Å². The lowest BCUT2D eigenvalue weighted by Gasteiger charge is -2.20. The van der Waals surface area contributed by atoms with E-state index in [9.17, 15) is 14.4 Å². The molecule has 1 aliphatic rings. The van der Waals surface area contributed by atoms with Crippen LogP contribution in [-0.4, -0.2) is 63.9 Å². The smallest absolute Gasteiger partial charge is 0.326 e. The Kier molecular flexibility index (Phi) is 4.90. The normalized spacial score (nSPS) is 20.5. The first-order chi connectivity index (χ1) is 8.43. The molecule has 1 saturated heterocycles. The summed E-state index contributed by atoms with van der Waals surface area (Å²) in [4.78, 5) is 34.3. The van der Waals surface area contributed by atoms with Crippen molar-refractivity contribution in [2.24, 2.45) is 5.92 Å². The van der Waals surface area contributed by atoms with Gasteiger partial charge in [-0.25, -0.2) is 9.59 Å². The van der Waals surface area contributed by atoms with Gasteiger partial charge in [-0.15, -0.1) is 0 Å². The second kappa shape index (κ2) is 6.20. The first-order valence-corrected chi connectivity index (χ1v) is 5.55. The number of amides is 2. The summed E-state index contributed by atoms with van der Waals surface area (Å²) in [5.74, 6) is -2.68. The zero-order valence-corrected chi connectivity index (χ0v) is 9.70. The van der Waals surface area contributed by atoms with Crippen molar-refractivity contribution in [1.29, 1.82) is 0 Å². The van der Waals surface area contributed by atoms with Crippen LogP contribution in [0.2, 0.25) is 0 Å². The van der Waals surface area contributed by atoms with Gasteiger partial charge in [0.25, 0.3) is 0 Å². The van der Waals surface area contributed by atoms with Gasteiger partial charge >= 0.3 is 18.0 Å². The summed E-state index contributed by atoms with van der Waals surface area (Å²) < 4.78 is 0. The highest BCUT2D eigenvalue weighted by atomic mass is 16.4. The first kappa shape index (κ1) is 14.2. The number of carboxylic acid groups (broad SMARTS) is 2. The molecule has 0 bridgehead atoms. The third-order valence-electron chi connectivity index (χ3n) is 2.81. The third kappa shape index (κ3) is 3.88. The standard InChI is InChI=1S/C10H16N2O6/c13-5-6-1-2-12(4-6)10(18)11-7(9(16)17)3-8(14)15/h6-7,13H,1-5H2,(H,11,18)(H,14,15)(H,16,17)/t6?,7-/m1/s1. The minimum Gasteiger partial charge on any atom is -0.481 e. The number of urea groups is 1. The maximum Gasteiger partial charge on any atom is 0.326 e. The van der Waals surface area contributed by atoms with Crippen molar-refractivity contribution in [3.63, 3.8) is 0 Å². The van der Waals surface area contributed by atoms with Crippen molar-refractivity contribution in [3.05, 3.63) is 0 Å². The van der Waals surface area contributed by atoms with Gasteiger partial charge in [0.1, 0.15) is 6.04 Å². The van der Waals surface area contributed by atoms with Gasteiger partial charge in [0.05, 0.1) is 6.42 Å². The number of rotatable bonds is 5. The van der Waals surface area contributed by atoms with Crippen LogP contribution in [0.3, 0.4) is 0 Å². The Morgan fingerprint density at radius 2 is 2.00 bits per heavy atom. The van der Waals surface area contributed by atoms with E-state index in [0.29, 0.717) is 19.5 Å². The summed E-state index contributed by atoms with van der Waals surface area (Å²) >= 11 is 0. The number of carbonyl (C=O) groups is 3. The molecule has 4 N–H and O–H groups in total. The average Bonchev–Trinajstić information content (AvgIpc) is 2.75. The average molecular weight is 260 g/mol. The Morgan fingerprint density at radius 1 is 1.33 bits per heavy atom. The van der Waals surface area contributed by atoms with Crippen LogP contribution in [0.5, 0.6) is 0 Å². The van der Waals surface area contributed by atoms with Crippen molar-refractivity contribution in [3.8, 4) is 0 Å². The Labute approximate surface area is 103 Å². The lowest BCUT2D eigenvalue weighted by atomic mass is 10.1. The van der Waals surface area contributed by atoms with E-state index in [1.807, 2.05) is 0 Å². The quantitative estimate of drug-likeness (QED) is 0.499. The summed E-state index contributed by atoms with van der Waals surface area (Å²) in [7, 11) is 0. The Balaban J connectivity index is 2.51.